The van der Waals surface area contributed by atoms with Gasteiger partial charge in [-0.1, -0.05) is 0 Å². The largest absolute Gasteiger partial charge is 0.387 e. The predicted octanol–water partition coefficient (Wildman–Crippen LogP) is 1.25. The highest BCUT2D eigenvalue weighted by Gasteiger charge is 2.04. The number of thiophene rings is 1. The summed E-state index contributed by atoms with van der Waals surface area (Å²) in [5.74, 6) is 0.198. The molecule has 0 fully saturated rings. The highest BCUT2D eigenvalue weighted by Crippen LogP contribution is 2.20. The highest BCUT2D eigenvalue weighted by atomic mass is 32.1. The molecule has 1 aromatic heterocycles. The molecule has 12 heavy (non-hydrogen) atoms. The fourth-order valence-corrected chi connectivity index (χ4v) is 1.82. The maximum absolute atomic E-state index is 7.10. The van der Waals surface area contributed by atoms with Crippen molar-refractivity contribution in [3.63, 3.8) is 0 Å². The smallest absolute Gasteiger partial charge is 0.0950 e. The van der Waals surface area contributed by atoms with E-state index in [0.717, 1.165) is 10.4 Å². The molecule has 1 unspecified atom stereocenters. The van der Waals surface area contributed by atoms with Gasteiger partial charge in [0.05, 0.1) is 5.84 Å². The Morgan fingerprint density at radius 3 is 2.83 bits per heavy atom. The number of hydrogen-bond acceptors (Lipinski definition) is 3. The third-order valence-electron chi connectivity index (χ3n) is 1.52. The van der Waals surface area contributed by atoms with E-state index in [0.29, 0.717) is 6.42 Å². The van der Waals surface area contributed by atoms with E-state index in [9.17, 15) is 0 Å². The Labute approximate surface area is 75.9 Å². The standard InChI is InChI=1S/C8H13N3S/c1-5(9)7-2-6(4-12-7)3-8(10)11/h2,4-5H,3,9H2,1H3,(H3,10,11). The molecule has 0 aliphatic rings. The molecule has 0 aliphatic carbocycles. The van der Waals surface area contributed by atoms with Gasteiger partial charge in [0.15, 0.2) is 0 Å². The van der Waals surface area contributed by atoms with E-state index < -0.39 is 0 Å². The molecule has 0 aromatic carbocycles. The van der Waals surface area contributed by atoms with E-state index >= 15 is 0 Å². The van der Waals surface area contributed by atoms with Gasteiger partial charge >= 0.3 is 0 Å². The number of amidine groups is 1. The van der Waals surface area contributed by atoms with Crippen molar-refractivity contribution >= 4 is 17.2 Å². The van der Waals surface area contributed by atoms with Crippen molar-refractivity contribution in [2.24, 2.45) is 11.5 Å². The first-order valence-electron chi connectivity index (χ1n) is 3.75. The molecule has 0 bridgehead atoms. The number of rotatable bonds is 3. The lowest BCUT2D eigenvalue weighted by atomic mass is 10.2. The monoisotopic (exact) mass is 183 g/mol. The molecule has 1 rings (SSSR count). The van der Waals surface area contributed by atoms with Crippen LogP contribution in [0.5, 0.6) is 0 Å². The number of hydrogen-bond donors (Lipinski definition) is 3. The summed E-state index contributed by atoms with van der Waals surface area (Å²) in [5, 5.41) is 9.10. The van der Waals surface area contributed by atoms with Crippen LogP contribution in [0.1, 0.15) is 23.4 Å². The van der Waals surface area contributed by atoms with Crippen LogP contribution in [0, 0.1) is 5.41 Å². The Morgan fingerprint density at radius 1 is 1.75 bits per heavy atom. The Kier molecular flexibility index (Phi) is 2.83. The summed E-state index contributed by atoms with van der Waals surface area (Å²) < 4.78 is 0. The van der Waals surface area contributed by atoms with E-state index in [-0.39, 0.29) is 11.9 Å². The normalized spacial score (nSPS) is 12.8. The topological polar surface area (TPSA) is 75.9 Å². The minimum atomic E-state index is 0.0794. The third kappa shape index (κ3) is 2.32. The molecular formula is C8H13N3S. The van der Waals surface area contributed by atoms with Crippen LogP contribution in [0.25, 0.3) is 0 Å². The summed E-state index contributed by atoms with van der Waals surface area (Å²) in [7, 11) is 0. The van der Waals surface area contributed by atoms with E-state index in [1.165, 1.54) is 0 Å². The highest BCUT2D eigenvalue weighted by molar-refractivity contribution is 7.10. The predicted molar refractivity (Wildman–Crippen MR) is 52.5 cm³/mol. The molecule has 1 heterocycles. The summed E-state index contributed by atoms with van der Waals surface area (Å²) >= 11 is 1.62. The number of nitrogens with two attached hydrogens (primary N) is 2. The van der Waals surface area contributed by atoms with Crippen LogP contribution < -0.4 is 11.5 Å². The first-order chi connectivity index (χ1) is 5.59. The summed E-state index contributed by atoms with van der Waals surface area (Å²) in [6, 6.07) is 2.09. The van der Waals surface area contributed by atoms with E-state index in [1.54, 1.807) is 11.3 Å². The quantitative estimate of drug-likeness (QED) is 0.487. The molecular weight excluding hydrogens is 170 g/mol. The lowest BCUT2D eigenvalue weighted by molar-refractivity contribution is 0.837. The van der Waals surface area contributed by atoms with Gasteiger partial charge in [-0.3, -0.25) is 5.41 Å². The van der Waals surface area contributed by atoms with Crippen molar-refractivity contribution in [2.75, 3.05) is 0 Å². The van der Waals surface area contributed by atoms with Gasteiger partial charge in [-0.25, -0.2) is 0 Å². The number of nitrogens with one attached hydrogen (secondary N) is 1. The van der Waals surface area contributed by atoms with Crippen molar-refractivity contribution < 1.29 is 0 Å². The van der Waals surface area contributed by atoms with Crippen molar-refractivity contribution in [3.8, 4) is 0 Å². The zero-order valence-electron chi connectivity index (χ0n) is 7.00. The van der Waals surface area contributed by atoms with E-state index in [4.69, 9.17) is 16.9 Å². The third-order valence-corrected chi connectivity index (χ3v) is 2.70. The molecule has 4 heteroatoms. The maximum atomic E-state index is 7.10. The zero-order chi connectivity index (χ0) is 9.14. The summed E-state index contributed by atoms with van der Waals surface area (Å²) in [4.78, 5) is 1.14. The van der Waals surface area contributed by atoms with E-state index in [1.807, 2.05) is 18.4 Å². The van der Waals surface area contributed by atoms with Gasteiger partial charge in [-0.15, -0.1) is 11.3 Å². The van der Waals surface area contributed by atoms with Gasteiger partial charge in [0.25, 0.3) is 0 Å². The second-order valence-electron chi connectivity index (χ2n) is 2.85. The maximum Gasteiger partial charge on any atom is 0.0950 e. The van der Waals surface area contributed by atoms with Crippen molar-refractivity contribution in [3.05, 3.63) is 21.9 Å². The van der Waals surface area contributed by atoms with Crippen LogP contribution in [-0.4, -0.2) is 5.84 Å². The Bertz CT molecular complexity index is 278. The van der Waals surface area contributed by atoms with Gasteiger partial charge in [0.1, 0.15) is 0 Å². The molecule has 3 nitrogen and oxygen atoms in total. The summed E-state index contributed by atoms with van der Waals surface area (Å²) in [6.45, 7) is 1.95. The minimum absolute atomic E-state index is 0.0794. The van der Waals surface area contributed by atoms with Crippen LogP contribution >= 0.6 is 11.3 Å². The van der Waals surface area contributed by atoms with Gasteiger partial charge < -0.3 is 11.5 Å². The van der Waals surface area contributed by atoms with Gasteiger partial charge in [-0.05, 0) is 23.9 Å². The first kappa shape index (κ1) is 9.22. The minimum Gasteiger partial charge on any atom is -0.387 e. The van der Waals surface area contributed by atoms with Gasteiger partial charge in [-0.2, -0.15) is 0 Å². The van der Waals surface area contributed by atoms with Crippen LogP contribution in [0.2, 0.25) is 0 Å². The average Bonchev–Trinajstić information content (AvgIpc) is 2.34. The van der Waals surface area contributed by atoms with Gasteiger partial charge in [0, 0.05) is 17.3 Å². The van der Waals surface area contributed by atoms with Crippen molar-refractivity contribution in [2.45, 2.75) is 19.4 Å². The SMILES string of the molecule is CC(N)c1cc(CC(=N)N)cs1. The molecule has 0 amide bonds. The van der Waals surface area contributed by atoms with Crippen molar-refractivity contribution in [1.82, 2.24) is 0 Å². The van der Waals surface area contributed by atoms with Crippen LogP contribution in [-0.2, 0) is 6.42 Å². The molecule has 0 saturated carbocycles. The Morgan fingerprint density at radius 2 is 2.42 bits per heavy atom. The van der Waals surface area contributed by atoms with Crippen molar-refractivity contribution in [1.29, 1.82) is 5.41 Å². The molecule has 0 radical (unpaired) electrons. The summed E-state index contributed by atoms with van der Waals surface area (Å²) in [5.41, 5.74) is 12.0. The van der Waals surface area contributed by atoms with Crippen LogP contribution in [0.4, 0.5) is 0 Å². The van der Waals surface area contributed by atoms with Gasteiger partial charge in [0.2, 0.25) is 0 Å². The average molecular weight is 183 g/mol. The Balaban J connectivity index is 2.70. The van der Waals surface area contributed by atoms with Crippen LogP contribution in [0.15, 0.2) is 11.4 Å². The molecule has 1 atom stereocenters. The van der Waals surface area contributed by atoms with E-state index in [2.05, 4.69) is 0 Å². The van der Waals surface area contributed by atoms with Crippen LogP contribution in [0.3, 0.4) is 0 Å². The lowest BCUT2D eigenvalue weighted by Gasteiger charge is -1.98. The molecule has 0 spiro atoms. The fourth-order valence-electron chi connectivity index (χ4n) is 0.946. The second kappa shape index (κ2) is 3.69. The lowest BCUT2D eigenvalue weighted by Crippen LogP contribution is -2.12. The fraction of sp³-hybridized carbons (Fsp3) is 0.375. The summed E-state index contributed by atoms with van der Waals surface area (Å²) in [6.07, 6.45) is 0.531. The molecule has 66 valence electrons. The zero-order valence-corrected chi connectivity index (χ0v) is 7.82. The first-order valence-corrected chi connectivity index (χ1v) is 4.63. The molecule has 0 saturated heterocycles. The Hall–Kier alpha value is -0.870. The second-order valence-corrected chi connectivity index (χ2v) is 3.79. The molecule has 1 aromatic rings. The molecule has 5 N–H and O–H groups in total. The molecule has 0 aliphatic heterocycles.